The normalized spacial score (nSPS) is 20.2. The van der Waals surface area contributed by atoms with Gasteiger partial charge in [0.2, 0.25) is 0 Å². The van der Waals surface area contributed by atoms with Crippen LogP contribution in [0.2, 0.25) is 0 Å². The number of rotatable bonds is 7. The second-order valence-electron chi connectivity index (χ2n) is 6.13. The first-order chi connectivity index (χ1) is 10.3. The van der Waals surface area contributed by atoms with Gasteiger partial charge < -0.3 is 15.1 Å². The summed E-state index contributed by atoms with van der Waals surface area (Å²) in [7, 11) is 2.18. The van der Waals surface area contributed by atoms with E-state index in [-0.39, 0.29) is 0 Å². The highest BCUT2D eigenvalue weighted by Crippen LogP contribution is 2.12. The molecular formula is C18H31N3. The Morgan fingerprint density at radius 3 is 2.76 bits per heavy atom. The zero-order valence-corrected chi connectivity index (χ0v) is 13.7. The minimum absolute atomic E-state index is 0.726. The molecule has 1 fully saturated rings. The molecule has 3 heteroatoms. The van der Waals surface area contributed by atoms with E-state index < -0.39 is 0 Å². The van der Waals surface area contributed by atoms with E-state index >= 15 is 0 Å². The van der Waals surface area contributed by atoms with Gasteiger partial charge in [-0.15, -0.1) is 0 Å². The van der Waals surface area contributed by atoms with Crippen LogP contribution in [0.3, 0.4) is 0 Å². The fraction of sp³-hybridized carbons (Fsp3) is 0.667. The first-order valence-corrected chi connectivity index (χ1v) is 8.51. The Balaban J connectivity index is 1.61. The maximum atomic E-state index is 3.76. The van der Waals surface area contributed by atoms with Crippen molar-refractivity contribution in [2.24, 2.45) is 0 Å². The molecule has 1 aromatic carbocycles. The fourth-order valence-corrected chi connectivity index (χ4v) is 3.11. The van der Waals surface area contributed by atoms with Crippen LogP contribution < -0.4 is 10.2 Å². The Labute approximate surface area is 130 Å². The molecule has 118 valence electrons. The lowest BCUT2D eigenvalue weighted by atomic mass is 10.1. The summed E-state index contributed by atoms with van der Waals surface area (Å²) in [5.74, 6) is 0. The molecule has 0 radical (unpaired) electrons. The van der Waals surface area contributed by atoms with E-state index in [0.717, 1.165) is 19.1 Å². The van der Waals surface area contributed by atoms with Crippen LogP contribution in [0.5, 0.6) is 0 Å². The summed E-state index contributed by atoms with van der Waals surface area (Å²) in [6.45, 7) is 8.27. The van der Waals surface area contributed by atoms with Crippen molar-refractivity contribution in [1.82, 2.24) is 10.2 Å². The molecule has 1 aliphatic heterocycles. The highest BCUT2D eigenvalue weighted by atomic mass is 15.1. The summed E-state index contributed by atoms with van der Waals surface area (Å²) in [4.78, 5) is 4.92. The molecule has 2 rings (SSSR count). The van der Waals surface area contributed by atoms with Crippen molar-refractivity contribution in [3.63, 3.8) is 0 Å². The van der Waals surface area contributed by atoms with Crippen molar-refractivity contribution in [1.29, 1.82) is 0 Å². The van der Waals surface area contributed by atoms with Crippen molar-refractivity contribution in [3.8, 4) is 0 Å². The van der Waals surface area contributed by atoms with Gasteiger partial charge in [-0.2, -0.15) is 0 Å². The number of anilines is 1. The van der Waals surface area contributed by atoms with Crippen molar-refractivity contribution in [2.75, 3.05) is 44.7 Å². The maximum Gasteiger partial charge on any atom is 0.0363 e. The number of nitrogens with zero attached hydrogens (tertiary/aromatic N) is 2. The van der Waals surface area contributed by atoms with Crippen LogP contribution in [0.4, 0.5) is 5.69 Å². The number of para-hydroxylation sites is 1. The van der Waals surface area contributed by atoms with Crippen LogP contribution >= 0.6 is 0 Å². The molecule has 1 aliphatic rings. The third-order valence-electron chi connectivity index (χ3n) is 4.57. The number of likely N-dealkylation sites (tertiary alicyclic amines) is 1. The Bertz CT molecular complexity index is 379. The SMILES string of the molecule is CCN1CCCC(NCCCN(C)c2ccccc2)CC1. The third-order valence-corrected chi connectivity index (χ3v) is 4.57. The average Bonchev–Trinajstić information content (AvgIpc) is 2.77. The number of benzene rings is 1. The van der Waals surface area contributed by atoms with Crippen LogP contribution in [0.1, 0.15) is 32.6 Å². The molecule has 0 bridgehead atoms. The number of nitrogens with one attached hydrogen (secondary N) is 1. The molecule has 1 aromatic rings. The van der Waals surface area contributed by atoms with Crippen LogP contribution in [0.15, 0.2) is 30.3 Å². The minimum atomic E-state index is 0.726. The quantitative estimate of drug-likeness (QED) is 0.779. The molecular weight excluding hydrogens is 258 g/mol. The zero-order valence-electron chi connectivity index (χ0n) is 13.7. The molecule has 1 N–H and O–H groups in total. The Morgan fingerprint density at radius 2 is 2.00 bits per heavy atom. The summed E-state index contributed by atoms with van der Waals surface area (Å²) >= 11 is 0. The summed E-state index contributed by atoms with van der Waals surface area (Å²) in [6, 6.07) is 11.4. The molecule has 0 amide bonds. The Morgan fingerprint density at radius 1 is 1.19 bits per heavy atom. The van der Waals surface area contributed by atoms with Crippen molar-refractivity contribution < 1.29 is 0 Å². The Kier molecular flexibility index (Phi) is 7.04. The van der Waals surface area contributed by atoms with E-state index in [0.29, 0.717) is 0 Å². The molecule has 0 saturated carbocycles. The van der Waals surface area contributed by atoms with Gasteiger partial charge in [-0.05, 0) is 64.0 Å². The van der Waals surface area contributed by atoms with Gasteiger partial charge >= 0.3 is 0 Å². The minimum Gasteiger partial charge on any atom is -0.375 e. The second kappa shape index (κ2) is 9.06. The van der Waals surface area contributed by atoms with Gasteiger partial charge in [0.25, 0.3) is 0 Å². The van der Waals surface area contributed by atoms with Gasteiger partial charge in [-0.1, -0.05) is 25.1 Å². The number of hydrogen-bond acceptors (Lipinski definition) is 3. The van der Waals surface area contributed by atoms with Crippen molar-refractivity contribution in [2.45, 2.75) is 38.6 Å². The molecule has 1 saturated heterocycles. The highest BCUT2D eigenvalue weighted by molar-refractivity contribution is 5.44. The molecule has 0 aromatic heterocycles. The fourth-order valence-electron chi connectivity index (χ4n) is 3.11. The molecule has 3 nitrogen and oxygen atoms in total. The average molecular weight is 289 g/mol. The number of hydrogen-bond donors (Lipinski definition) is 1. The highest BCUT2D eigenvalue weighted by Gasteiger charge is 2.15. The van der Waals surface area contributed by atoms with E-state index in [1.807, 2.05) is 0 Å². The van der Waals surface area contributed by atoms with Crippen molar-refractivity contribution in [3.05, 3.63) is 30.3 Å². The van der Waals surface area contributed by atoms with E-state index in [1.54, 1.807) is 0 Å². The summed E-state index contributed by atoms with van der Waals surface area (Å²) in [5, 5.41) is 3.76. The van der Waals surface area contributed by atoms with Crippen LogP contribution in [-0.4, -0.2) is 50.7 Å². The second-order valence-corrected chi connectivity index (χ2v) is 6.13. The van der Waals surface area contributed by atoms with Gasteiger partial charge in [0, 0.05) is 25.3 Å². The maximum absolute atomic E-state index is 3.76. The van der Waals surface area contributed by atoms with Crippen LogP contribution in [0.25, 0.3) is 0 Å². The summed E-state index contributed by atoms with van der Waals surface area (Å²) in [5.41, 5.74) is 1.31. The van der Waals surface area contributed by atoms with Crippen LogP contribution in [-0.2, 0) is 0 Å². The third kappa shape index (κ3) is 5.68. The van der Waals surface area contributed by atoms with Gasteiger partial charge in [0.1, 0.15) is 0 Å². The lowest BCUT2D eigenvalue weighted by Crippen LogP contribution is -2.33. The van der Waals surface area contributed by atoms with E-state index in [9.17, 15) is 0 Å². The smallest absolute Gasteiger partial charge is 0.0363 e. The standard InChI is InChI=1S/C18H31N3/c1-3-21-15-7-9-17(12-16-21)19-13-8-14-20(2)18-10-5-4-6-11-18/h4-6,10-11,17,19H,3,7-9,12-16H2,1-2H3. The lowest BCUT2D eigenvalue weighted by Gasteiger charge is -2.21. The molecule has 1 unspecified atom stereocenters. The van der Waals surface area contributed by atoms with Crippen molar-refractivity contribution >= 4 is 5.69 Å². The predicted molar refractivity (Wildman–Crippen MR) is 92.1 cm³/mol. The topological polar surface area (TPSA) is 18.5 Å². The first-order valence-electron chi connectivity index (χ1n) is 8.51. The van der Waals surface area contributed by atoms with Gasteiger partial charge in [-0.3, -0.25) is 0 Å². The summed E-state index contributed by atoms with van der Waals surface area (Å²) in [6.07, 6.45) is 5.20. The Hall–Kier alpha value is -1.06. The van der Waals surface area contributed by atoms with Gasteiger partial charge in [-0.25, -0.2) is 0 Å². The molecule has 1 heterocycles. The molecule has 0 aliphatic carbocycles. The van der Waals surface area contributed by atoms with E-state index in [4.69, 9.17) is 0 Å². The molecule has 0 spiro atoms. The predicted octanol–water partition coefficient (Wildman–Crippen LogP) is 2.98. The molecule has 1 atom stereocenters. The van der Waals surface area contributed by atoms with Gasteiger partial charge in [0.05, 0.1) is 0 Å². The zero-order chi connectivity index (χ0) is 14.9. The molecule has 21 heavy (non-hydrogen) atoms. The summed E-state index contributed by atoms with van der Waals surface area (Å²) < 4.78 is 0. The largest absolute Gasteiger partial charge is 0.375 e. The van der Waals surface area contributed by atoms with Crippen LogP contribution in [0, 0.1) is 0 Å². The van der Waals surface area contributed by atoms with E-state index in [1.165, 1.54) is 51.0 Å². The van der Waals surface area contributed by atoms with E-state index in [2.05, 4.69) is 59.4 Å². The lowest BCUT2D eigenvalue weighted by molar-refractivity contribution is 0.297. The van der Waals surface area contributed by atoms with Gasteiger partial charge in [0.15, 0.2) is 0 Å². The monoisotopic (exact) mass is 289 g/mol. The first kappa shape index (κ1) is 16.3.